The predicted molar refractivity (Wildman–Crippen MR) is 59.1 cm³/mol. The fourth-order valence-corrected chi connectivity index (χ4v) is 2.53. The minimum absolute atomic E-state index is 0.0225. The zero-order valence-corrected chi connectivity index (χ0v) is 10.3. The topological polar surface area (TPSA) is 140 Å². The summed E-state index contributed by atoms with van der Waals surface area (Å²) in [7, 11) is -8.99. The first-order valence-corrected chi connectivity index (χ1v) is 7.92. The van der Waals surface area contributed by atoms with Crippen molar-refractivity contribution in [2.75, 3.05) is 6.29 Å². The molecule has 1 aromatic heterocycles. The average molecular weight is 282 g/mol. The molecular formula is C7H12N2O6P2. The molecule has 1 heterocycles. The van der Waals surface area contributed by atoms with Crippen LogP contribution in [-0.2, 0) is 9.13 Å². The molecule has 1 unspecified atom stereocenters. The van der Waals surface area contributed by atoms with E-state index in [4.69, 9.17) is 19.6 Å². The summed E-state index contributed by atoms with van der Waals surface area (Å²) in [6, 6.07) is 4.43. The van der Waals surface area contributed by atoms with Crippen LogP contribution >= 0.6 is 15.2 Å². The Hall–Kier alpha value is -0.590. The Bertz CT molecular complexity index is 455. The summed E-state index contributed by atoms with van der Waals surface area (Å²) >= 11 is 0. The van der Waals surface area contributed by atoms with E-state index >= 15 is 0 Å². The highest BCUT2D eigenvalue weighted by Gasteiger charge is 2.32. The number of hydrogen-bond acceptors (Lipinski definition) is 4. The van der Waals surface area contributed by atoms with Gasteiger partial charge in [-0.3, -0.25) is 19.4 Å². The molecule has 0 aliphatic carbocycles. The highest BCUT2D eigenvalue weighted by molar-refractivity contribution is 7.53. The molecule has 0 fully saturated rings. The first-order valence-electron chi connectivity index (χ1n) is 4.44. The minimum Gasteiger partial charge on any atom is -0.324 e. The summed E-state index contributed by atoms with van der Waals surface area (Å²) in [4.78, 5) is 39.2. The second kappa shape index (κ2) is 5.37. The van der Waals surface area contributed by atoms with Gasteiger partial charge in [-0.25, -0.2) is 0 Å². The van der Waals surface area contributed by atoms with E-state index in [1.54, 1.807) is 6.07 Å². The Kier molecular flexibility index (Phi) is 4.57. The first-order chi connectivity index (χ1) is 7.70. The van der Waals surface area contributed by atoms with Crippen molar-refractivity contribution in [2.45, 2.75) is 5.78 Å². The van der Waals surface area contributed by atoms with Gasteiger partial charge >= 0.3 is 15.2 Å². The fraction of sp³-hybridized carbons (Fsp3) is 0.286. The van der Waals surface area contributed by atoms with E-state index in [-0.39, 0.29) is 5.69 Å². The predicted octanol–water partition coefficient (Wildman–Crippen LogP) is -0.0173. The zero-order valence-electron chi connectivity index (χ0n) is 8.54. The zero-order chi connectivity index (χ0) is 13.1. The summed E-state index contributed by atoms with van der Waals surface area (Å²) in [5, 5.41) is 2.13. The molecule has 1 atom stereocenters. The third kappa shape index (κ3) is 5.06. The highest BCUT2D eigenvalue weighted by atomic mass is 31.2. The van der Waals surface area contributed by atoms with Crippen molar-refractivity contribution >= 4 is 15.2 Å². The Morgan fingerprint density at radius 3 is 2.29 bits per heavy atom. The highest BCUT2D eigenvalue weighted by Crippen LogP contribution is 2.50. The van der Waals surface area contributed by atoms with Crippen LogP contribution in [0.1, 0.15) is 11.5 Å². The van der Waals surface area contributed by atoms with Crippen molar-refractivity contribution in [3.63, 3.8) is 0 Å². The summed E-state index contributed by atoms with van der Waals surface area (Å²) in [6.45, 7) is 0. The van der Waals surface area contributed by atoms with Gasteiger partial charge < -0.3 is 19.6 Å². The van der Waals surface area contributed by atoms with Gasteiger partial charge in [-0.05, 0) is 12.1 Å². The summed E-state index contributed by atoms with van der Waals surface area (Å²) in [5.41, 5.74) is 0.0225. The molecule has 17 heavy (non-hydrogen) atoms. The molecule has 0 radical (unpaired) electrons. The minimum atomic E-state index is -4.60. The van der Waals surface area contributed by atoms with Crippen LogP contribution in [0.2, 0.25) is 0 Å². The van der Waals surface area contributed by atoms with Crippen molar-refractivity contribution in [3.05, 3.63) is 30.1 Å². The van der Waals surface area contributed by atoms with Gasteiger partial charge in [0.05, 0.1) is 12.0 Å². The number of aromatic nitrogens is 1. The van der Waals surface area contributed by atoms with Gasteiger partial charge in [0.15, 0.2) is 5.78 Å². The van der Waals surface area contributed by atoms with Crippen LogP contribution in [0, 0.1) is 0 Å². The summed E-state index contributed by atoms with van der Waals surface area (Å²) < 4.78 is 21.8. The molecular weight excluding hydrogens is 270 g/mol. The van der Waals surface area contributed by atoms with Crippen molar-refractivity contribution in [1.29, 1.82) is 0 Å². The number of nitrogens with one attached hydrogen (secondary N) is 1. The maximum atomic E-state index is 11.2. The van der Waals surface area contributed by atoms with Crippen LogP contribution in [0.25, 0.3) is 0 Å². The van der Waals surface area contributed by atoms with Gasteiger partial charge in [0.1, 0.15) is 0 Å². The lowest BCUT2D eigenvalue weighted by molar-refractivity contribution is 0.342. The van der Waals surface area contributed by atoms with Gasteiger partial charge in [-0.1, -0.05) is 6.07 Å². The molecule has 1 rings (SSSR count). The Morgan fingerprint density at radius 2 is 1.88 bits per heavy atom. The maximum absolute atomic E-state index is 11.2. The van der Waals surface area contributed by atoms with Crippen molar-refractivity contribution in [1.82, 2.24) is 10.3 Å². The van der Waals surface area contributed by atoms with Crippen LogP contribution in [-0.4, -0.2) is 30.8 Å². The van der Waals surface area contributed by atoms with E-state index in [1.165, 1.54) is 18.3 Å². The van der Waals surface area contributed by atoms with E-state index < -0.39 is 27.3 Å². The van der Waals surface area contributed by atoms with Crippen molar-refractivity contribution in [3.8, 4) is 0 Å². The second-order valence-corrected chi connectivity index (χ2v) is 6.61. The van der Waals surface area contributed by atoms with Crippen LogP contribution in [0.3, 0.4) is 0 Å². The smallest absolute Gasteiger partial charge is 0.324 e. The van der Waals surface area contributed by atoms with Crippen LogP contribution in [0.4, 0.5) is 0 Å². The number of rotatable bonds is 5. The molecule has 10 heteroatoms. The molecule has 0 spiro atoms. The molecule has 8 nitrogen and oxygen atoms in total. The van der Waals surface area contributed by atoms with Gasteiger partial charge in [-0.15, -0.1) is 0 Å². The maximum Gasteiger partial charge on any atom is 0.348 e. The summed E-state index contributed by atoms with van der Waals surface area (Å²) in [5.74, 6) is -1.53. The lowest BCUT2D eigenvalue weighted by Gasteiger charge is -2.19. The monoisotopic (exact) mass is 282 g/mol. The quantitative estimate of drug-likeness (QED) is 0.475. The molecule has 0 bridgehead atoms. The van der Waals surface area contributed by atoms with Crippen LogP contribution < -0.4 is 5.32 Å². The molecule has 5 N–H and O–H groups in total. The first kappa shape index (κ1) is 14.5. The molecule has 1 aromatic rings. The Labute approximate surface area is 97.0 Å². The van der Waals surface area contributed by atoms with Crippen molar-refractivity contribution < 1.29 is 28.7 Å². The van der Waals surface area contributed by atoms with Gasteiger partial charge in [0, 0.05) is 6.20 Å². The fourth-order valence-electron chi connectivity index (χ4n) is 1.14. The van der Waals surface area contributed by atoms with Gasteiger partial charge in [-0.2, -0.15) is 0 Å². The molecule has 0 aliphatic heterocycles. The third-order valence-electron chi connectivity index (χ3n) is 1.79. The molecule has 0 saturated heterocycles. The normalized spacial score (nSPS) is 14.6. The Balaban J connectivity index is 2.91. The molecule has 0 aliphatic rings. The van der Waals surface area contributed by atoms with Gasteiger partial charge in [0.25, 0.3) is 0 Å². The molecule has 0 saturated carbocycles. The number of pyridine rings is 1. The van der Waals surface area contributed by atoms with E-state index in [1.807, 2.05) is 0 Å². The number of hydrogen-bond donors (Lipinski definition) is 5. The lowest BCUT2D eigenvalue weighted by atomic mass is 10.3. The second-order valence-electron chi connectivity index (χ2n) is 3.27. The largest absolute Gasteiger partial charge is 0.348 e. The molecule has 0 aromatic carbocycles. The molecule has 96 valence electrons. The van der Waals surface area contributed by atoms with Crippen molar-refractivity contribution in [2.24, 2.45) is 0 Å². The molecule has 0 amide bonds. The Morgan fingerprint density at radius 1 is 1.24 bits per heavy atom. The number of nitrogens with zero attached hydrogens (tertiary/aromatic N) is 1. The standard InChI is InChI=1S/C7H12N2O6P2/c10-16(11,12)5-9-7(17(13,14)15)6-3-1-2-4-8-6/h1-4,7,9H,5H2,(H2,10,11,12)(H2,13,14,15). The van der Waals surface area contributed by atoms with E-state index in [0.717, 1.165) is 0 Å². The van der Waals surface area contributed by atoms with Crippen LogP contribution in [0.5, 0.6) is 0 Å². The van der Waals surface area contributed by atoms with E-state index in [0.29, 0.717) is 0 Å². The van der Waals surface area contributed by atoms with E-state index in [2.05, 4.69) is 10.3 Å². The lowest BCUT2D eigenvalue weighted by Crippen LogP contribution is -2.23. The SMILES string of the molecule is O=P(O)(O)CNC(c1ccccn1)P(=O)(O)O. The van der Waals surface area contributed by atoms with E-state index in [9.17, 15) is 9.13 Å². The van der Waals surface area contributed by atoms with Gasteiger partial charge in [0.2, 0.25) is 0 Å². The third-order valence-corrected chi connectivity index (χ3v) is 3.51. The summed E-state index contributed by atoms with van der Waals surface area (Å²) in [6.07, 6.45) is 0.497. The average Bonchev–Trinajstić information content (AvgIpc) is 2.15. The van der Waals surface area contributed by atoms with Crippen LogP contribution in [0.15, 0.2) is 24.4 Å².